The lowest BCUT2D eigenvalue weighted by Gasteiger charge is -2.16. The number of rotatable bonds is 6. The maximum absolute atomic E-state index is 4.19. The van der Waals surface area contributed by atoms with E-state index in [0.717, 1.165) is 22.9 Å². The average Bonchev–Trinajstić information content (AvgIpc) is 3.54. The first kappa shape index (κ1) is 19.6. The van der Waals surface area contributed by atoms with Gasteiger partial charge >= 0.3 is 0 Å². The number of aromatic amines is 2. The van der Waals surface area contributed by atoms with Crippen LogP contribution in [0.4, 0.5) is 0 Å². The Morgan fingerprint density at radius 1 is 0.875 bits per heavy atom. The van der Waals surface area contributed by atoms with Gasteiger partial charge < -0.3 is 0 Å². The number of nitrogens with one attached hydrogen (secondary N) is 2. The zero-order valence-electron chi connectivity index (χ0n) is 17.7. The van der Waals surface area contributed by atoms with Gasteiger partial charge in [0.25, 0.3) is 0 Å². The molecule has 0 saturated carbocycles. The largest absolute Gasteiger partial charge is 0.278 e. The zero-order chi connectivity index (χ0) is 21.8. The molecule has 0 unspecified atom stereocenters. The quantitative estimate of drug-likeness (QED) is 0.351. The second-order valence-electron chi connectivity index (χ2n) is 7.47. The number of H-pyrrole nitrogens is 2. The lowest BCUT2D eigenvalue weighted by Crippen LogP contribution is -1.95. The molecule has 0 bridgehead atoms. The summed E-state index contributed by atoms with van der Waals surface area (Å²) >= 11 is 0. The first-order valence-electron chi connectivity index (χ1n) is 10.6. The SMILES string of the molecule is CCC(=C(c1ccc(C=Cc2nn[nH]n2)cc1)c1ccc2[nH]ncc2c1)c1ccccc1. The lowest BCUT2D eigenvalue weighted by molar-refractivity contribution is 0.881. The molecule has 2 N–H and O–H groups in total. The number of allylic oxidation sites excluding steroid dienone is 1. The summed E-state index contributed by atoms with van der Waals surface area (Å²) < 4.78 is 0. The molecule has 6 nitrogen and oxygen atoms in total. The van der Waals surface area contributed by atoms with E-state index in [1.54, 1.807) is 0 Å². The third kappa shape index (κ3) is 3.98. The Kier molecular flexibility index (Phi) is 5.41. The van der Waals surface area contributed by atoms with Crippen molar-refractivity contribution in [3.05, 3.63) is 107 Å². The van der Waals surface area contributed by atoms with Crippen LogP contribution >= 0.6 is 0 Å². The van der Waals surface area contributed by atoms with E-state index in [0.29, 0.717) is 5.82 Å². The summed E-state index contributed by atoms with van der Waals surface area (Å²) in [5.41, 5.74) is 8.23. The lowest BCUT2D eigenvalue weighted by atomic mass is 9.87. The van der Waals surface area contributed by atoms with Gasteiger partial charge in [-0.3, -0.25) is 5.10 Å². The van der Waals surface area contributed by atoms with E-state index < -0.39 is 0 Å². The number of fused-ring (bicyclic) bond motifs is 1. The third-order valence-corrected chi connectivity index (χ3v) is 5.49. The molecule has 0 aliphatic carbocycles. The molecule has 156 valence electrons. The minimum Gasteiger partial charge on any atom is -0.278 e. The number of hydrogen-bond acceptors (Lipinski definition) is 4. The van der Waals surface area contributed by atoms with Crippen molar-refractivity contribution in [1.82, 2.24) is 30.8 Å². The van der Waals surface area contributed by atoms with E-state index in [1.165, 1.54) is 27.8 Å². The van der Waals surface area contributed by atoms with Crippen LogP contribution in [0.5, 0.6) is 0 Å². The molecule has 0 fully saturated rings. The Bertz CT molecular complexity index is 1380. The molecule has 5 aromatic rings. The van der Waals surface area contributed by atoms with Crippen LogP contribution in [-0.4, -0.2) is 30.8 Å². The third-order valence-electron chi connectivity index (χ3n) is 5.49. The summed E-state index contributed by atoms with van der Waals surface area (Å²) in [6.45, 7) is 2.21. The minimum absolute atomic E-state index is 0.556. The van der Waals surface area contributed by atoms with Crippen molar-refractivity contribution in [2.24, 2.45) is 0 Å². The smallest absolute Gasteiger partial charge is 0.197 e. The van der Waals surface area contributed by atoms with Gasteiger partial charge in [0, 0.05) is 5.39 Å². The van der Waals surface area contributed by atoms with Crippen molar-refractivity contribution in [3.63, 3.8) is 0 Å². The van der Waals surface area contributed by atoms with Crippen molar-refractivity contribution in [2.75, 3.05) is 0 Å². The van der Waals surface area contributed by atoms with Crippen LogP contribution in [0.1, 0.15) is 41.4 Å². The molecule has 0 atom stereocenters. The standard InChI is InChI=1S/C26H22N6/c1-2-23(19-6-4-3-5-7-19)26(21-13-14-24-22(16-21)17-27-28-24)20-11-8-18(9-12-20)10-15-25-29-31-32-30-25/h3-17H,2H2,1H3,(H,27,28)(H,29,30,31,32). The van der Waals surface area contributed by atoms with Gasteiger partial charge in [-0.25, -0.2) is 0 Å². The maximum atomic E-state index is 4.19. The van der Waals surface area contributed by atoms with Gasteiger partial charge in [-0.1, -0.05) is 73.7 Å². The number of aromatic nitrogens is 6. The van der Waals surface area contributed by atoms with Crippen LogP contribution in [0, 0.1) is 0 Å². The van der Waals surface area contributed by atoms with Crippen molar-refractivity contribution >= 4 is 34.2 Å². The fourth-order valence-electron chi connectivity index (χ4n) is 3.95. The van der Waals surface area contributed by atoms with Gasteiger partial charge in [0.2, 0.25) is 0 Å². The van der Waals surface area contributed by atoms with E-state index in [2.05, 4.69) is 111 Å². The highest BCUT2D eigenvalue weighted by Crippen LogP contribution is 2.35. The monoisotopic (exact) mass is 418 g/mol. The van der Waals surface area contributed by atoms with Crippen LogP contribution in [0.15, 0.2) is 79.0 Å². The fourth-order valence-corrected chi connectivity index (χ4v) is 3.95. The Labute approximate surface area is 185 Å². The molecule has 6 heteroatoms. The minimum atomic E-state index is 0.556. The van der Waals surface area contributed by atoms with Crippen LogP contribution in [0.3, 0.4) is 0 Å². The molecule has 5 rings (SSSR count). The molecule has 0 amide bonds. The normalized spacial score (nSPS) is 12.4. The maximum Gasteiger partial charge on any atom is 0.197 e. The molecule has 2 aromatic heterocycles. The van der Waals surface area contributed by atoms with E-state index in [-0.39, 0.29) is 0 Å². The van der Waals surface area contributed by atoms with E-state index in [4.69, 9.17) is 0 Å². The van der Waals surface area contributed by atoms with Crippen molar-refractivity contribution in [2.45, 2.75) is 13.3 Å². The molecular formula is C26H22N6. The molecule has 2 heterocycles. The van der Waals surface area contributed by atoms with Gasteiger partial charge in [-0.2, -0.15) is 10.3 Å². The zero-order valence-corrected chi connectivity index (χ0v) is 17.7. The van der Waals surface area contributed by atoms with Crippen LogP contribution in [0.25, 0.3) is 34.2 Å². The van der Waals surface area contributed by atoms with Gasteiger partial charge in [0.05, 0.1) is 11.7 Å². The molecule has 0 saturated heterocycles. The Morgan fingerprint density at radius 3 is 2.44 bits per heavy atom. The molecular weight excluding hydrogens is 396 g/mol. The Morgan fingerprint density at radius 2 is 1.69 bits per heavy atom. The fraction of sp³-hybridized carbons (Fsp3) is 0.0769. The van der Waals surface area contributed by atoms with Gasteiger partial charge in [-0.05, 0) is 63.2 Å². The van der Waals surface area contributed by atoms with Crippen molar-refractivity contribution < 1.29 is 0 Å². The highest BCUT2D eigenvalue weighted by atomic mass is 15.5. The summed E-state index contributed by atoms with van der Waals surface area (Å²) in [6.07, 6.45) is 6.61. The summed E-state index contributed by atoms with van der Waals surface area (Å²) in [4.78, 5) is 0. The topological polar surface area (TPSA) is 83.1 Å². The molecule has 0 spiro atoms. The van der Waals surface area contributed by atoms with Gasteiger partial charge in [0.15, 0.2) is 5.82 Å². The predicted molar refractivity (Wildman–Crippen MR) is 128 cm³/mol. The van der Waals surface area contributed by atoms with E-state index >= 15 is 0 Å². The first-order chi connectivity index (χ1) is 15.8. The van der Waals surface area contributed by atoms with Gasteiger partial charge in [-0.15, -0.1) is 10.2 Å². The summed E-state index contributed by atoms with van der Waals surface area (Å²) in [5, 5.41) is 22.3. The van der Waals surface area contributed by atoms with E-state index in [1.807, 2.05) is 18.3 Å². The molecule has 0 radical (unpaired) electrons. The summed E-state index contributed by atoms with van der Waals surface area (Å²) in [6, 6.07) is 25.6. The van der Waals surface area contributed by atoms with Crippen LogP contribution in [-0.2, 0) is 0 Å². The first-order valence-corrected chi connectivity index (χ1v) is 10.6. The molecule has 0 aliphatic heterocycles. The molecule has 0 aliphatic rings. The Hall–Kier alpha value is -4.32. The number of nitrogens with zero attached hydrogens (tertiary/aromatic N) is 4. The average molecular weight is 419 g/mol. The summed E-state index contributed by atoms with van der Waals surface area (Å²) in [7, 11) is 0. The highest BCUT2D eigenvalue weighted by Gasteiger charge is 2.14. The van der Waals surface area contributed by atoms with Crippen molar-refractivity contribution in [3.8, 4) is 0 Å². The predicted octanol–water partition coefficient (Wildman–Crippen LogP) is 5.62. The van der Waals surface area contributed by atoms with Crippen molar-refractivity contribution in [1.29, 1.82) is 0 Å². The Balaban J connectivity index is 1.62. The molecule has 3 aromatic carbocycles. The number of hydrogen-bond donors (Lipinski definition) is 2. The van der Waals surface area contributed by atoms with Gasteiger partial charge in [0.1, 0.15) is 0 Å². The van der Waals surface area contributed by atoms with Crippen LogP contribution < -0.4 is 0 Å². The number of tetrazole rings is 1. The summed E-state index contributed by atoms with van der Waals surface area (Å²) in [5.74, 6) is 0.556. The second kappa shape index (κ2) is 8.81. The molecule has 32 heavy (non-hydrogen) atoms. The van der Waals surface area contributed by atoms with E-state index in [9.17, 15) is 0 Å². The number of benzene rings is 3. The highest BCUT2D eigenvalue weighted by molar-refractivity contribution is 6.00. The van der Waals surface area contributed by atoms with Crippen LogP contribution in [0.2, 0.25) is 0 Å². The second-order valence-corrected chi connectivity index (χ2v) is 7.47.